The van der Waals surface area contributed by atoms with Crippen molar-refractivity contribution in [3.63, 3.8) is 0 Å². The fourth-order valence-corrected chi connectivity index (χ4v) is 1.36. The SMILES string of the molecule is CC(F)(F)[C@@H](O)[C@@H]1CCNC1. The van der Waals surface area contributed by atoms with E-state index in [1.165, 1.54) is 0 Å². The normalized spacial score (nSPS) is 28.9. The van der Waals surface area contributed by atoms with E-state index in [-0.39, 0.29) is 5.92 Å². The Bertz CT molecular complexity index is 129. The second-order valence-electron chi connectivity index (χ2n) is 3.15. The van der Waals surface area contributed by atoms with Crippen LogP contribution >= 0.6 is 0 Å². The minimum Gasteiger partial charge on any atom is -0.387 e. The lowest BCUT2D eigenvalue weighted by molar-refractivity contribution is -0.114. The second kappa shape index (κ2) is 3.03. The minimum absolute atomic E-state index is 0.282. The predicted molar refractivity (Wildman–Crippen MR) is 37.6 cm³/mol. The van der Waals surface area contributed by atoms with Gasteiger partial charge in [-0.3, -0.25) is 0 Å². The molecule has 2 nitrogen and oxygen atoms in total. The Labute approximate surface area is 64.6 Å². The highest BCUT2D eigenvalue weighted by molar-refractivity contribution is 4.84. The maximum atomic E-state index is 12.5. The molecule has 66 valence electrons. The third-order valence-electron chi connectivity index (χ3n) is 2.06. The van der Waals surface area contributed by atoms with E-state index in [0.717, 1.165) is 13.5 Å². The number of aliphatic hydroxyl groups excluding tert-OH is 1. The van der Waals surface area contributed by atoms with E-state index in [9.17, 15) is 8.78 Å². The van der Waals surface area contributed by atoms with Gasteiger partial charge in [0.2, 0.25) is 0 Å². The molecule has 2 atom stereocenters. The zero-order chi connectivity index (χ0) is 8.48. The highest BCUT2D eigenvalue weighted by atomic mass is 19.3. The summed E-state index contributed by atoms with van der Waals surface area (Å²) < 4.78 is 25.0. The number of hydrogen-bond donors (Lipinski definition) is 2. The zero-order valence-electron chi connectivity index (χ0n) is 6.48. The van der Waals surface area contributed by atoms with Gasteiger partial charge in [-0.05, 0) is 13.0 Å². The number of nitrogens with one attached hydrogen (secondary N) is 1. The monoisotopic (exact) mass is 165 g/mol. The van der Waals surface area contributed by atoms with Crippen LogP contribution in [0.3, 0.4) is 0 Å². The smallest absolute Gasteiger partial charge is 0.271 e. The standard InChI is InChI=1S/C7H13F2NO/c1-7(8,9)6(11)5-2-3-10-4-5/h5-6,10-11H,2-4H2,1H3/t5-,6+/m1/s1. The first-order valence-corrected chi connectivity index (χ1v) is 3.78. The van der Waals surface area contributed by atoms with Gasteiger partial charge in [0.05, 0.1) is 0 Å². The molecule has 0 unspecified atom stereocenters. The lowest BCUT2D eigenvalue weighted by Crippen LogP contribution is -2.37. The lowest BCUT2D eigenvalue weighted by atomic mass is 9.97. The van der Waals surface area contributed by atoms with Crippen molar-refractivity contribution in [2.45, 2.75) is 25.4 Å². The van der Waals surface area contributed by atoms with Gasteiger partial charge in [0.25, 0.3) is 5.92 Å². The van der Waals surface area contributed by atoms with Crippen LogP contribution in [0.2, 0.25) is 0 Å². The van der Waals surface area contributed by atoms with Crippen LogP contribution in [-0.2, 0) is 0 Å². The van der Waals surface area contributed by atoms with Crippen LogP contribution in [0.15, 0.2) is 0 Å². The van der Waals surface area contributed by atoms with E-state index < -0.39 is 12.0 Å². The Morgan fingerprint density at radius 1 is 1.64 bits per heavy atom. The molecule has 0 saturated carbocycles. The van der Waals surface area contributed by atoms with Crippen LogP contribution in [0.5, 0.6) is 0 Å². The fourth-order valence-electron chi connectivity index (χ4n) is 1.36. The van der Waals surface area contributed by atoms with E-state index in [1.807, 2.05) is 0 Å². The van der Waals surface area contributed by atoms with Gasteiger partial charge in [0, 0.05) is 19.4 Å². The summed E-state index contributed by atoms with van der Waals surface area (Å²) in [5, 5.41) is 12.0. The van der Waals surface area contributed by atoms with Gasteiger partial charge in [-0.15, -0.1) is 0 Å². The van der Waals surface area contributed by atoms with E-state index in [4.69, 9.17) is 5.11 Å². The summed E-state index contributed by atoms with van der Waals surface area (Å²) in [6.07, 6.45) is -0.845. The Kier molecular flexibility index (Phi) is 2.44. The maximum absolute atomic E-state index is 12.5. The van der Waals surface area contributed by atoms with E-state index in [2.05, 4.69) is 5.32 Å². The molecule has 0 radical (unpaired) electrons. The van der Waals surface area contributed by atoms with E-state index in [1.54, 1.807) is 0 Å². The summed E-state index contributed by atoms with van der Waals surface area (Å²) in [6, 6.07) is 0. The van der Waals surface area contributed by atoms with Gasteiger partial charge < -0.3 is 10.4 Å². The van der Waals surface area contributed by atoms with Crippen molar-refractivity contribution in [3.8, 4) is 0 Å². The van der Waals surface area contributed by atoms with Crippen LogP contribution < -0.4 is 5.32 Å². The highest BCUT2D eigenvalue weighted by Crippen LogP contribution is 2.26. The quantitative estimate of drug-likeness (QED) is 0.628. The summed E-state index contributed by atoms with van der Waals surface area (Å²) in [5.41, 5.74) is 0. The van der Waals surface area contributed by atoms with Crippen LogP contribution in [0, 0.1) is 5.92 Å². The first-order chi connectivity index (χ1) is 5.02. The van der Waals surface area contributed by atoms with Crippen LogP contribution in [0.1, 0.15) is 13.3 Å². The van der Waals surface area contributed by atoms with Crippen molar-refractivity contribution in [2.24, 2.45) is 5.92 Å². The third-order valence-corrected chi connectivity index (χ3v) is 2.06. The van der Waals surface area contributed by atoms with Crippen molar-refractivity contribution < 1.29 is 13.9 Å². The summed E-state index contributed by atoms with van der Waals surface area (Å²) in [5.74, 6) is -3.24. The van der Waals surface area contributed by atoms with E-state index in [0.29, 0.717) is 13.0 Å². The first kappa shape index (κ1) is 8.87. The highest BCUT2D eigenvalue weighted by Gasteiger charge is 2.39. The molecule has 0 bridgehead atoms. The average molecular weight is 165 g/mol. The molecule has 0 aromatic carbocycles. The van der Waals surface area contributed by atoms with Gasteiger partial charge >= 0.3 is 0 Å². The zero-order valence-corrected chi connectivity index (χ0v) is 6.48. The van der Waals surface area contributed by atoms with Crippen molar-refractivity contribution in [2.75, 3.05) is 13.1 Å². The molecule has 0 amide bonds. The first-order valence-electron chi connectivity index (χ1n) is 3.78. The average Bonchev–Trinajstić information content (AvgIpc) is 2.34. The number of aliphatic hydroxyl groups is 1. The molecule has 1 aliphatic heterocycles. The van der Waals surface area contributed by atoms with Gasteiger partial charge in [0.15, 0.2) is 0 Å². The Hall–Kier alpha value is -0.220. The number of alkyl halides is 2. The molecule has 4 heteroatoms. The van der Waals surface area contributed by atoms with Crippen LogP contribution in [0.25, 0.3) is 0 Å². The van der Waals surface area contributed by atoms with Crippen molar-refractivity contribution in [1.82, 2.24) is 5.32 Å². The number of hydrogen-bond acceptors (Lipinski definition) is 2. The van der Waals surface area contributed by atoms with Crippen LogP contribution in [0.4, 0.5) is 8.78 Å². The molecule has 1 fully saturated rings. The molecule has 2 N–H and O–H groups in total. The second-order valence-corrected chi connectivity index (χ2v) is 3.15. The molecule has 11 heavy (non-hydrogen) atoms. The molecular weight excluding hydrogens is 152 g/mol. The van der Waals surface area contributed by atoms with Crippen molar-refractivity contribution in [1.29, 1.82) is 0 Å². The minimum atomic E-state index is -2.96. The molecule has 1 heterocycles. The largest absolute Gasteiger partial charge is 0.387 e. The van der Waals surface area contributed by atoms with Crippen molar-refractivity contribution >= 4 is 0 Å². The number of rotatable bonds is 2. The molecule has 1 rings (SSSR count). The molecule has 1 aliphatic rings. The van der Waals surface area contributed by atoms with Crippen molar-refractivity contribution in [3.05, 3.63) is 0 Å². The van der Waals surface area contributed by atoms with Crippen LogP contribution in [-0.4, -0.2) is 30.2 Å². The molecule has 0 aromatic heterocycles. The third kappa shape index (κ3) is 2.10. The summed E-state index contributed by atoms with van der Waals surface area (Å²) in [6.45, 7) is 2.00. The molecular formula is C7H13F2NO. The summed E-state index contributed by atoms with van der Waals surface area (Å²) in [4.78, 5) is 0. The predicted octanol–water partition coefficient (Wildman–Crippen LogP) is 0.612. The van der Waals surface area contributed by atoms with Gasteiger partial charge in [-0.2, -0.15) is 0 Å². The Morgan fingerprint density at radius 2 is 2.27 bits per heavy atom. The van der Waals surface area contributed by atoms with E-state index >= 15 is 0 Å². The Morgan fingerprint density at radius 3 is 2.64 bits per heavy atom. The molecule has 0 spiro atoms. The molecule has 0 aliphatic carbocycles. The topological polar surface area (TPSA) is 32.3 Å². The Balaban J connectivity index is 2.46. The number of halogens is 2. The summed E-state index contributed by atoms with van der Waals surface area (Å²) in [7, 11) is 0. The van der Waals surface area contributed by atoms with Gasteiger partial charge in [-0.25, -0.2) is 8.78 Å². The maximum Gasteiger partial charge on any atom is 0.271 e. The fraction of sp³-hybridized carbons (Fsp3) is 1.00. The molecule has 0 aromatic rings. The summed E-state index contributed by atoms with van der Waals surface area (Å²) >= 11 is 0. The van der Waals surface area contributed by atoms with Gasteiger partial charge in [0.1, 0.15) is 6.10 Å². The lowest BCUT2D eigenvalue weighted by Gasteiger charge is -2.22. The van der Waals surface area contributed by atoms with Gasteiger partial charge in [-0.1, -0.05) is 0 Å². The molecule has 1 saturated heterocycles.